The molecule has 39 heavy (non-hydrogen) atoms. The zero-order chi connectivity index (χ0) is 29.4. The molecule has 1 heterocycles. The number of allylic oxidation sites excluding steroid dienone is 2. The number of nitrogens with zero attached hydrogens (tertiary/aromatic N) is 3. The van der Waals surface area contributed by atoms with Gasteiger partial charge in [0.25, 0.3) is 5.91 Å². The summed E-state index contributed by atoms with van der Waals surface area (Å²) in [5, 5.41) is 6.79. The molecule has 0 saturated heterocycles. The van der Waals surface area contributed by atoms with Gasteiger partial charge in [0.15, 0.2) is 5.69 Å². The molecule has 0 unspecified atom stereocenters. The van der Waals surface area contributed by atoms with Gasteiger partial charge in [-0.25, -0.2) is 8.42 Å². The third-order valence-electron chi connectivity index (χ3n) is 6.61. The van der Waals surface area contributed by atoms with Crippen molar-refractivity contribution in [3.05, 3.63) is 35.0 Å². The normalized spacial score (nSPS) is 19.3. The minimum atomic E-state index is -4.38. The first-order chi connectivity index (χ1) is 18.2. The van der Waals surface area contributed by atoms with E-state index in [2.05, 4.69) is 26.9 Å². The molecule has 0 radical (unpaired) electrons. The Kier molecular flexibility index (Phi) is 11.7. The third kappa shape index (κ3) is 9.73. The Balaban J connectivity index is 2.27. The van der Waals surface area contributed by atoms with Crippen LogP contribution in [0.15, 0.2) is 23.0 Å². The van der Waals surface area contributed by atoms with Crippen molar-refractivity contribution < 1.29 is 39.9 Å². The lowest BCUT2D eigenvalue weighted by molar-refractivity contribution is -0.135. The second-order valence-corrected chi connectivity index (χ2v) is 11.8. The molecule has 1 aliphatic rings. The molecular formula is C25H35F5N4O4S. The van der Waals surface area contributed by atoms with Gasteiger partial charge in [0, 0.05) is 37.5 Å². The highest BCUT2D eigenvalue weighted by Crippen LogP contribution is 2.32. The summed E-state index contributed by atoms with van der Waals surface area (Å²) in [5.74, 6) is -0.791. The van der Waals surface area contributed by atoms with Crippen molar-refractivity contribution in [1.29, 1.82) is 0 Å². The number of rotatable bonds is 13. The molecule has 14 heteroatoms. The van der Waals surface area contributed by atoms with Crippen LogP contribution in [0.5, 0.6) is 0 Å². The van der Waals surface area contributed by atoms with E-state index in [1.54, 1.807) is 13.8 Å². The van der Waals surface area contributed by atoms with Crippen molar-refractivity contribution in [3.8, 4) is 0 Å². The molecule has 0 aliphatic heterocycles. The highest BCUT2D eigenvalue weighted by atomic mass is 32.2. The predicted molar refractivity (Wildman–Crippen MR) is 138 cm³/mol. The fraction of sp³-hybridized carbons (Fsp3) is 0.640. The Labute approximate surface area is 225 Å². The maximum Gasteiger partial charge on any atom is 0.389 e. The van der Waals surface area contributed by atoms with E-state index < -0.39 is 40.7 Å². The van der Waals surface area contributed by atoms with Crippen LogP contribution in [-0.2, 0) is 21.1 Å². The van der Waals surface area contributed by atoms with Crippen molar-refractivity contribution in [2.75, 3.05) is 12.8 Å². The molecule has 0 spiro atoms. The number of nitrogens with one attached hydrogen (secondary N) is 1. The summed E-state index contributed by atoms with van der Waals surface area (Å²) >= 11 is 0. The van der Waals surface area contributed by atoms with E-state index in [9.17, 15) is 35.2 Å². The number of carbonyl (C=O) groups excluding carboxylic acids is 1. The molecule has 8 nitrogen and oxygen atoms in total. The molecule has 0 bridgehead atoms. The van der Waals surface area contributed by atoms with Gasteiger partial charge in [0.2, 0.25) is 0 Å². The van der Waals surface area contributed by atoms with Crippen molar-refractivity contribution in [1.82, 2.24) is 15.1 Å². The van der Waals surface area contributed by atoms with Gasteiger partial charge in [-0.2, -0.15) is 27.1 Å². The number of aryl methyl sites for hydroxylation is 1. The van der Waals surface area contributed by atoms with Crippen LogP contribution in [0.3, 0.4) is 0 Å². The van der Waals surface area contributed by atoms with Crippen LogP contribution < -0.4 is 5.32 Å². The average Bonchev–Trinajstić information content (AvgIpc) is 3.17. The number of ether oxygens (including phenoxy) is 1. The number of carbonyl (C=O) groups is 1. The van der Waals surface area contributed by atoms with Crippen LogP contribution in [-0.4, -0.2) is 61.7 Å². The third-order valence-corrected chi connectivity index (χ3v) is 8.29. The van der Waals surface area contributed by atoms with Crippen LogP contribution in [0.1, 0.15) is 73.6 Å². The molecule has 1 fully saturated rings. The van der Waals surface area contributed by atoms with E-state index in [-0.39, 0.29) is 47.5 Å². The van der Waals surface area contributed by atoms with E-state index in [1.807, 2.05) is 0 Å². The molecule has 1 N–H and O–H groups in total. The zero-order valence-electron chi connectivity index (χ0n) is 22.2. The molecule has 1 amide bonds. The zero-order valence-corrected chi connectivity index (χ0v) is 23.0. The van der Waals surface area contributed by atoms with Crippen LogP contribution in [0.4, 0.5) is 22.0 Å². The molecule has 0 atom stereocenters. The van der Waals surface area contributed by atoms with Gasteiger partial charge in [-0.1, -0.05) is 0 Å². The van der Waals surface area contributed by atoms with Gasteiger partial charge in [-0.15, -0.1) is 0 Å². The molecule has 1 aromatic heterocycles. The van der Waals surface area contributed by atoms with Crippen LogP contribution in [0.2, 0.25) is 0 Å². The van der Waals surface area contributed by atoms with E-state index in [1.165, 1.54) is 10.9 Å². The molecular weight excluding hydrogens is 547 g/mol. The van der Waals surface area contributed by atoms with Crippen LogP contribution >= 0.6 is 0 Å². The van der Waals surface area contributed by atoms with E-state index in [0.717, 1.165) is 12.3 Å². The Bertz CT molecular complexity index is 1170. The summed E-state index contributed by atoms with van der Waals surface area (Å²) < 4.78 is 93.7. The second kappa shape index (κ2) is 14.0. The number of sulfone groups is 1. The number of halogens is 5. The summed E-state index contributed by atoms with van der Waals surface area (Å²) in [5.41, 5.74) is 0.623. The number of alkyl halides is 5. The second-order valence-electron chi connectivity index (χ2n) is 9.50. The fourth-order valence-corrected chi connectivity index (χ4v) is 5.74. The fourth-order valence-electron chi connectivity index (χ4n) is 4.61. The number of aromatic nitrogens is 2. The Morgan fingerprint density at radius 3 is 2.44 bits per heavy atom. The number of unbranched alkanes of at least 4 members (excludes halogenated alkanes) is 1. The lowest BCUT2D eigenvalue weighted by Gasteiger charge is -2.27. The number of aliphatic imine (C=N–C) groups is 1. The minimum absolute atomic E-state index is 0.00214. The van der Waals surface area contributed by atoms with Gasteiger partial charge >= 0.3 is 12.8 Å². The first kappa shape index (κ1) is 32.4. The van der Waals surface area contributed by atoms with Gasteiger partial charge in [0.05, 0.1) is 16.5 Å². The Morgan fingerprint density at radius 2 is 1.92 bits per heavy atom. The summed E-state index contributed by atoms with van der Waals surface area (Å²) in [7, 11) is -3.11. The SMILES string of the molecule is C=N/C=C(\C(=C/CCCC(F)(F)F)OC(F)F)c1c(C)c(C(=O)NCC2CCC(S(C)(=O)=O)CC2)nn1CC. The average molecular weight is 583 g/mol. The van der Waals surface area contributed by atoms with Gasteiger partial charge in [-0.3, -0.25) is 14.5 Å². The molecule has 1 saturated carbocycles. The molecule has 1 aliphatic carbocycles. The van der Waals surface area contributed by atoms with Gasteiger partial charge < -0.3 is 10.1 Å². The summed E-state index contributed by atoms with van der Waals surface area (Å²) in [6, 6.07) is 0. The largest absolute Gasteiger partial charge is 0.434 e. The maximum absolute atomic E-state index is 13.2. The van der Waals surface area contributed by atoms with Gasteiger partial charge in [0.1, 0.15) is 15.6 Å². The first-order valence-corrected chi connectivity index (χ1v) is 14.6. The highest BCUT2D eigenvalue weighted by molar-refractivity contribution is 7.91. The molecule has 2 rings (SSSR count). The van der Waals surface area contributed by atoms with Crippen LogP contribution in [0, 0.1) is 12.8 Å². The van der Waals surface area contributed by atoms with E-state index in [0.29, 0.717) is 37.8 Å². The highest BCUT2D eigenvalue weighted by Gasteiger charge is 2.30. The maximum atomic E-state index is 13.2. The smallest absolute Gasteiger partial charge is 0.389 e. The molecule has 1 aromatic rings. The monoisotopic (exact) mass is 582 g/mol. The molecule has 220 valence electrons. The number of hydrogen-bond acceptors (Lipinski definition) is 6. The van der Waals surface area contributed by atoms with E-state index >= 15 is 0 Å². The van der Waals surface area contributed by atoms with E-state index in [4.69, 9.17) is 0 Å². The van der Waals surface area contributed by atoms with Gasteiger partial charge in [-0.05, 0) is 71.1 Å². The lowest BCUT2D eigenvalue weighted by atomic mass is 9.89. The quantitative estimate of drug-likeness (QED) is 0.110. The Morgan fingerprint density at radius 1 is 1.28 bits per heavy atom. The minimum Gasteiger partial charge on any atom is -0.434 e. The van der Waals surface area contributed by atoms with Crippen LogP contribution in [0.25, 0.3) is 5.57 Å². The lowest BCUT2D eigenvalue weighted by Crippen LogP contribution is -2.34. The summed E-state index contributed by atoms with van der Waals surface area (Å²) in [6.07, 6.45) is -0.148. The summed E-state index contributed by atoms with van der Waals surface area (Å²) in [6.45, 7) is 3.94. The standard InChI is InChI=1S/C25H35F5N4O4S/c1-5-34-22(19(15-31-3)20(38-24(26)27)8-6-7-13-25(28,29)30)16(2)21(33-34)23(35)32-14-17-9-11-18(12-10-17)39(4,36)37/h8,15,17-18,24H,3,5-7,9-14H2,1-2,4H3,(H,32,35)/b19-15+,20-8+. The molecule has 0 aromatic carbocycles. The Hall–Kier alpha value is -2.77. The number of hydrogen-bond donors (Lipinski definition) is 1. The van der Waals surface area contributed by atoms with Crippen molar-refractivity contribution in [3.63, 3.8) is 0 Å². The predicted octanol–water partition coefficient (Wildman–Crippen LogP) is 5.44. The van der Waals surface area contributed by atoms with Crippen molar-refractivity contribution in [2.45, 2.75) is 83.4 Å². The summed E-state index contributed by atoms with van der Waals surface area (Å²) in [4.78, 5) is 16.7. The van der Waals surface area contributed by atoms with Crippen molar-refractivity contribution in [2.24, 2.45) is 10.9 Å². The van der Waals surface area contributed by atoms with Crippen molar-refractivity contribution >= 4 is 28.0 Å². The topological polar surface area (TPSA) is 103 Å². The first-order valence-electron chi connectivity index (χ1n) is 12.6. The number of amides is 1.